The zero-order valence-corrected chi connectivity index (χ0v) is 17.6. The number of imidazole rings is 1. The molecule has 1 aliphatic heterocycles. The summed E-state index contributed by atoms with van der Waals surface area (Å²) >= 11 is 0. The maximum Gasteiger partial charge on any atom is 0.331 e. The molecule has 0 saturated carbocycles. The van der Waals surface area contributed by atoms with Crippen LogP contribution < -0.4 is 11.3 Å². The van der Waals surface area contributed by atoms with Crippen LogP contribution in [0.5, 0.6) is 0 Å². The van der Waals surface area contributed by atoms with Crippen molar-refractivity contribution in [1.82, 2.24) is 19.5 Å². The molecule has 1 saturated heterocycles. The number of terminal acetylenes is 1. The van der Waals surface area contributed by atoms with E-state index in [2.05, 4.69) is 20.9 Å². The standard InChI is InChI=1S/C17H24N5O7P/c1-5-6-27-13-12(29-30(24,25)9(2)3)10(7-26-4)28-16(13)22-8-19-11-14(22)20-17(18)21-15(11)23/h1,8-10,12-13,16H,6-7H2,2-4H3,(H,24,25)(H3,18,20,21,23)/t10-,12?,13?,16-/m1/s1. The predicted octanol–water partition coefficient (Wildman–Crippen LogP) is 0.243. The Morgan fingerprint density at radius 1 is 1.50 bits per heavy atom. The SMILES string of the molecule is C#CCOC1C(OP(=O)(O)C(C)C)[C@@H](COC)O[C@H]1n1cnc2c(=O)[nH]c(N)nc21. The number of hydrogen-bond donors (Lipinski definition) is 3. The van der Waals surface area contributed by atoms with Crippen molar-refractivity contribution >= 4 is 24.7 Å². The van der Waals surface area contributed by atoms with E-state index in [9.17, 15) is 14.3 Å². The lowest BCUT2D eigenvalue weighted by atomic mass is 10.1. The summed E-state index contributed by atoms with van der Waals surface area (Å²) < 4.78 is 36.6. The highest BCUT2D eigenvalue weighted by molar-refractivity contribution is 7.53. The van der Waals surface area contributed by atoms with Crippen molar-refractivity contribution in [2.24, 2.45) is 0 Å². The molecule has 0 bridgehead atoms. The molecule has 2 aromatic heterocycles. The Morgan fingerprint density at radius 3 is 2.87 bits per heavy atom. The van der Waals surface area contributed by atoms with E-state index in [1.807, 2.05) is 0 Å². The Balaban J connectivity index is 2.06. The second kappa shape index (κ2) is 8.85. The summed E-state index contributed by atoms with van der Waals surface area (Å²) in [5.74, 6) is 2.25. The van der Waals surface area contributed by atoms with Crippen molar-refractivity contribution in [3.8, 4) is 12.3 Å². The second-order valence-corrected chi connectivity index (χ2v) is 9.38. The number of nitrogens with one attached hydrogen (secondary N) is 1. The predicted molar refractivity (Wildman–Crippen MR) is 107 cm³/mol. The van der Waals surface area contributed by atoms with Crippen molar-refractivity contribution in [2.45, 2.75) is 44.0 Å². The molecule has 3 unspecified atom stereocenters. The smallest absolute Gasteiger partial charge is 0.331 e. The van der Waals surface area contributed by atoms with E-state index in [-0.39, 0.29) is 30.3 Å². The van der Waals surface area contributed by atoms with Crippen LogP contribution in [0.2, 0.25) is 0 Å². The highest BCUT2D eigenvalue weighted by Gasteiger charge is 2.50. The molecule has 4 N–H and O–H groups in total. The van der Waals surface area contributed by atoms with Crippen LogP contribution in [0.3, 0.4) is 0 Å². The zero-order valence-electron chi connectivity index (χ0n) is 16.7. The fourth-order valence-corrected chi connectivity index (χ4v) is 3.95. The molecule has 3 rings (SSSR count). The Kier molecular flexibility index (Phi) is 6.62. The van der Waals surface area contributed by atoms with Crippen LogP contribution in [-0.4, -0.2) is 68.7 Å². The molecule has 0 radical (unpaired) electrons. The van der Waals surface area contributed by atoms with Gasteiger partial charge in [0.1, 0.15) is 24.9 Å². The number of anilines is 1. The molecule has 30 heavy (non-hydrogen) atoms. The van der Waals surface area contributed by atoms with Crippen LogP contribution in [0.4, 0.5) is 5.95 Å². The van der Waals surface area contributed by atoms with Crippen molar-refractivity contribution in [1.29, 1.82) is 0 Å². The monoisotopic (exact) mass is 441 g/mol. The highest BCUT2D eigenvalue weighted by Crippen LogP contribution is 2.51. The molecule has 1 aliphatic rings. The van der Waals surface area contributed by atoms with E-state index in [1.54, 1.807) is 13.8 Å². The van der Waals surface area contributed by atoms with Crippen molar-refractivity contribution in [2.75, 3.05) is 26.1 Å². The largest absolute Gasteiger partial charge is 0.382 e. The lowest BCUT2D eigenvalue weighted by Gasteiger charge is -2.27. The van der Waals surface area contributed by atoms with Gasteiger partial charge in [0.2, 0.25) is 5.95 Å². The van der Waals surface area contributed by atoms with E-state index in [4.69, 9.17) is 30.9 Å². The first-order valence-corrected chi connectivity index (χ1v) is 10.8. The van der Waals surface area contributed by atoms with Crippen molar-refractivity contribution < 1.29 is 28.2 Å². The number of ether oxygens (including phenoxy) is 3. The molecule has 1 fully saturated rings. The molecule has 164 valence electrons. The molecule has 3 heterocycles. The number of hydrogen-bond acceptors (Lipinski definition) is 9. The number of nitrogen functional groups attached to an aromatic ring is 1. The first-order chi connectivity index (χ1) is 14.2. The summed E-state index contributed by atoms with van der Waals surface area (Å²) in [5, 5.41) is 0. The molecule has 0 amide bonds. The van der Waals surface area contributed by atoms with E-state index in [0.29, 0.717) is 0 Å². The fourth-order valence-electron chi connectivity index (χ4n) is 3.10. The van der Waals surface area contributed by atoms with Gasteiger partial charge in [-0.2, -0.15) is 4.98 Å². The average Bonchev–Trinajstić information content (AvgIpc) is 3.22. The lowest BCUT2D eigenvalue weighted by molar-refractivity contribution is -0.0670. The quantitative estimate of drug-likeness (QED) is 0.382. The van der Waals surface area contributed by atoms with Gasteiger partial charge in [-0.25, -0.2) is 4.98 Å². The van der Waals surface area contributed by atoms with Crippen LogP contribution in [0.25, 0.3) is 11.2 Å². The third-order valence-electron chi connectivity index (χ3n) is 4.63. The van der Waals surface area contributed by atoms with Gasteiger partial charge < -0.3 is 24.8 Å². The second-order valence-electron chi connectivity index (χ2n) is 7.00. The van der Waals surface area contributed by atoms with Gasteiger partial charge in [-0.05, 0) is 0 Å². The number of rotatable bonds is 8. The van der Waals surface area contributed by atoms with Crippen molar-refractivity contribution in [3.05, 3.63) is 16.7 Å². The third-order valence-corrected chi connectivity index (χ3v) is 6.48. The van der Waals surface area contributed by atoms with E-state index in [0.717, 1.165) is 0 Å². The average molecular weight is 441 g/mol. The Morgan fingerprint density at radius 2 is 2.23 bits per heavy atom. The number of H-pyrrole nitrogens is 1. The molecule has 13 heteroatoms. The molecular weight excluding hydrogens is 417 g/mol. The van der Waals surface area contributed by atoms with Crippen LogP contribution in [0.15, 0.2) is 11.1 Å². The Hall–Kier alpha value is -2.26. The summed E-state index contributed by atoms with van der Waals surface area (Å²) in [6, 6.07) is 0. The highest BCUT2D eigenvalue weighted by atomic mass is 31.2. The number of aromatic amines is 1. The first kappa shape index (κ1) is 22.4. The number of nitrogens with zero attached hydrogens (tertiary/aromatic N) is 3. The zero-order chi connectivity index (χ0) is 22.1. The number of nitrogens with two attached hydrogens (primary N) is 1. The van der Waals surface area contributed by atoms with Gasteiger partial charge in [0.05, 0.1) is 18.6 Å². The summed E-state index contributed by atoms with van der Waals surface area (Å²) in [7, 11) is -2.54. The lowest BCUT2D eigenvalue weighted by Crippen LogP contribution is -2.38. The minimum absolute atomic E-state index is 0.0474. The Labute approximate surface area is 172 Å². The summed E-state index contributed by atoms with van der Waals surface area (Å²) in [4.78, 5) is 33.0. The molecule has 2 aromatic rings. The van der Waals surface area contributed by atoms with E-state index < -0.39 is 43.4 Å². The Bertz CT molecular complexity index is 1050. The molecule has 0 aromatic carbocycles. The van der Waals surface area contributed by atoms with Gasteiger partial charge in [-0.3, -0.25) is 23.4 Å². The van der Waals surface area contributed by atoms with Crippen LogP contribution in [-0.2, 0) is 23.3 Å². The van der Waals surface area contributed by atoms with Crippen molar-refractivity contribution in [3.63, 3.8) is 0 Å². The van der Waals surface area contributed by atoms with Gasteiger partial charge in [0.15, 0.2) is 17.4 Å². The van der Waals surface area contributed by atoms with Gasteiger partial charge in [0.25, 0.3) is 5.56 Å². The van der Waals surface area contributed by atoms with Gasteiger partial charge in [0, 0.05) is 7.11 Å². The minimum atomic E-state index is -3.99. The van der Waals surface area contributed by atoms with Crippen LogP contribution >= 0.6 is 7.60 Å². The maximum atomic E-state index is 12.6. The molecule has 5 atom stereocenters. The molecule has 0 spiro atoms. The first-order valence-electron chi connectivity index (χ1n) is 9.12. The summed E-state index contributed by atoms with van der Waals surface area (Å²) in [6.45, 7) is 3.08. The summed E-state index contributed by atoms with van der Waals surface area (Å²) in [5.41, 5.74) is 4.70. The van der Waals surface area contributed by atoms with E-state index >= 15 is 0 Å². The molecule has 12 nitrogen and oxygen atoms in total. The van der Waals surface area contributed by atoms with Gasteiger partial charge >= 0.3 is 7.60 Å². The topological polar surface area (TPSA) is 164 Å². The summed E-state index contributed by atoms with van der Waals surface area (Å²) in [6.07, 6.45) is 3.09. The maximum absolute atomic E-state index is 12.6. The van der Waals surface area contributed by atoms with Crippen LogP contribution in [0.1, 0.15) is 20.1 Å². The fraction of sp³-hybridized carbons (Fsp3) is 0.588. The molecule has 0 aliphatic carbocycles. The third kappa shape index (κ3) is 4.27. The number of aromatic nitrogens is 4. The van der Waals surface area contributed by atoms with Crippen LogP contribution in [0, 0.1) is 12.3 Å². The van der Waals surface area contributed by atoms with E-state index in [1.165, 1.54) is 18.0 Å². The normalized spacial score (nSPS) is 26.1. The van der Waals surface area contributed by atoms with Gasteiger partial charge in [-0.15, -0.1) is 6.42 Å². The molecular formula is C17H24N5O7P. The number of fused-ring (bicyclic) bond motifs is 1. The van der Waals surface area contributed by atoms with Gasteiger partial charge in [-0.1, -0.05) is 19.8 Å². The number of methoxy groups -OCH3 is 1. The minimum Gasteiger partial charge on any atom is -0.382 e.